The summed E-state index contributed by atoms with van der Waals surface area (Å²) >= 11 is 0. The summed E-state index contributed by atoms with van der Waals surface area (Å²) < 4.78 is 46.0. The molecule has 160 valence electrons. The molecule has 1 fully saturated rings. The molecule has 0 saturated carbocycles. The lowest BCUT2D eigenvalue weighted by atomic mass is 10.0. The maximum Gasteiger partial charge on any atom is 0.407 e. The van der Waals surface area contributed by atoms with E-state index in [1.807, 2.05) is 0 Å². The average molecular weight is 415 g/mol. The van der Waals surface area contributed by atoms with Crippen LogP contribution in [0.5, 0.6) is 0 Å². The van der Waals surface area contributed by atoms with Gasteiger partial charge >= 0.3 is 6.09 Å². The van der Waals surface area contributed by atoms with Gasteiger partial charge in [-0.1, -0.05) is 0 Å². The Kier molecular flexibility index (Phi) is 7.10. The Hall–Kier alpha value is -2.78. The molecule has 0 aliphatic carbocycles. The van der Waals surface area contributed by atoms with Gasteiger partial charge in [0.05, 0.1) is 13.0 Å². The fourth-order valence-corrected chi connectivity index (χ4v) is 2.78. The highest BCUT2D eigenvalue weighted by molar-refractivity contribution is 5.86. The van der Waals surface area contributed by atoms with E-state index in [0.29, 0.717) is 18.7 Å². The number of hydrogen-bond acceptors (Lipinski definition) is 4. The molecule has 1 aliphatic heterocycles. The monoisotopic (exact) mass is 415 g/mol. The van der Waals surface area contributed by atoms with E-state index in [4.69, 9.17) is 4.74 Å². The van der Waals surface area contributed by atoms with Crippen LogP contribution in [-0.4, -0.2) is 54.1 Å². The molecule has 1 aromatic rings. The Morgan fingerprint density at radius 2 is 1.86 bits per heavy atom. The van der Waals surface area contributed by atoms with Crippen molar-refractivity contribution in [3.63, 3.8) is 0 Å². The van der Waals surface area contributed by atoms with E-state index in [1.54, 1.807) is 20.8 Å². The van der Waals surface area contributed by atoms with Crippen LogP contribution < -0.4 is 10.6 Å². The number of amides is 3. The summed E-state index contributed by atoms with van der Waals surface area (Å²) in [5, 5.41) is 5.13. The van der Waals surface area contributed by atoms with Gasteiger partial charge in [0, 0.05) is 31.1 Å². The molecule has 10 heteroatoms. The Balaban J connectivity index is 2.16. The van der Waals surface area contributed by atoms with Gasteiger partial charge in [0.2, 0.25) is 11.8 Å². The van der Waals surface area contributed by atoms with Gasteiger partial charge in [-0.05, 0) is 32.4 Å². The van der Waals surface area contributed by atoms with Gasteiger partial charge in [-0.3, -0.25) is 9.59 Å². The number of nitrogens with one attached hydrogen (secondary N) is 2. The van der Waals surface area contributed by atoms with E-state index >= 15 is 0 Å². The number of benzene rings is 1. The van der Waals surface area contributed by atoms with Crippen LogP contribution in [0, 0.1) is 17.5 Å². The number of hydrogen-bond donors (Lipinski definition) is 2. The molecule has 0 spiro atoms. The molecule has 1 atom stereocenters. The third-order valence-electron chi connectivity index (χ3n) is 4.08. The summed E-state index contributed by atoms with van der Waals surface area (Å²) in [6.45, 7) is 5.59. The van der Waals surface area contributed by atoms with Crippen molar-refractivity contribution in [3.8, 4) is 0 Å². The number of alkyl carbamates (subject to hydrolysis) is 1. The van der Waals surface area contributed by atoms with Crippen LogP contribution in [0.2, 0.25) is 0 Å². The SMILES string of the molecule is CC(C)(C)NC(=O)O[C@@H](CC(=O)N1CCNC(=O)C1)Cc1cc(F)c(F)cc1F. The predicted octanol–water partition coefficient (Wildman–Crippen LogP) is 1.89. The second kappa shape index (κ2) is 9.15. The molecular formula is C19H24F3N3O4. The summed E-state index contributed by atoms with van der Waals surface area (Å²) in [7, 11) is 0. The lowest BCUT2D eigenvalue weighted by Crippen LogP contribution is -2.51. The molecule has 3 amide bonds. The van der Waals surface area contributed by atoms with Crippen LogP contribution >= 0.6 is 0 Å². The van der Waals surface area contributed by atoms with Crippen molar-refractivity contribution in [1.82, 2.24) is 15.5 Å². The van der Waals surface area contributed by atoms with E-state index in [1.165, 1.54) is 4.90 Å². The van der Waals surface area contributed by atoms with E-state index < -0.39 is 41.1 Å². The number of carbonyl (C=O) groups is 3. The number of halogens is 3. The zero-order valence-corrected chi connectivity index (χ0v) is 16.5. The molecule has 2 rings (SSSR count). The van der Waals surface area contributed by atoms with Crippen LogP contribution in [0.3, 0.4) is 0 Å². The Labute approximate surface area is 166 Å². The molecule has 1 aliphatic rings. The fourth-order valence-electron chi connectivity index (χ4n) is 2.78. The first kappa shape index (κ1) is 22.5. The van der Waals surface area contributed by atoms with Crippen molar-refractivity contribution in [2.45, 2.75) is 45.3 Å². The molecule has 1 saturated heterocycles. The minimum atomic E-state index is -1.34. The van der Waals surface area contributed by atoms with Crippen molar-refractivity contribution < 1.29 is 32.3 Å². The lowest BCUT2D eigenvalue weighted by Gasteiger charge is -2.29. The molecule has 0 bridgehead atoms. The van der Waals surface area contributed by atoms with E-state index in [0.717, 1.165) is 0 Å². The molecule has 0 unspecified atom stereocenters. The number of carbonyl (C=O) groups excluding carboxylic acids is 3. The molecule has 1 heterocycles. The molecule has 2 N–H and O–H groups in total. The first-order chi connectivity index (χ1) is 13.4. The quantitative estimate of drug-likeness (QED) is 0.719. The van der Waals surface area contributed by atoms with Gasteiger partial charge in [0.1, 0.15) is 11.9 Å². The smallest absolute Gasteiger partial charge is 0.407 e. The third-order valence-corrected chi connectivity index (χ3v) is 4.08. The second-order valence-electron chi connectivity index (χ2n) is 7.83. The predicted molar refractivity (Wildman–Crippen MR) is 97.4 cm³/mol. The summed E-state index contributed by atoms with van der Waals surface area (Å²) in [5.74, 6) is -4.41. The summed E-state index contributed by atoms with van der Waals surface area (Å²) in [6.07, 6.45) is -2.67. The van der Waals surface area contributed by atoms with Gasteiger partial charge in [0.25, 0.3) is 0 Å². The molecule has 1 aromatic carbocycles. The number of nitrogens with zero attached hydrogens (tertiary/aromatic N) is 1. The Morgan fingerprint density at radius 1 is 1.21 bits per heavy atom. The van der Waals surface area contributed by atoms with Crippen molar-refractivity contribution in [2.75, 3.05) is 19.6 Å². The highest BCUT2D eigenvalue weighted by Crippen LogP contribution is 2.19. The largest absolute Gasteiger partial charge is 0.445 e. The molecule has 29 heavy (non-hydrogen) atoms. The fraction of sp³-hybridized carbons (Fsp3) is 0.526. The van der Waals surface area contributed by atoms with Gasteiger partial charge in [-0.15, -0.1) is 0 Å². The van der Waals surface area contributed by atoms with E-state index in [9.17, 15) is 27.6 Å². The van der Waals surface area contributed by atoms with Crippen LogP contribution in [-0.2, 0) is 20.7 Å². The zero-order chi connectivity index (χ0) is 21.8. The minimum absolute atomic E-state index is 0.140. The molecular weight excluding hydrogens is 391 g/mol. The van der Waals surface area contributed by atoms with Gasteiger partial charge < -0.3 is 20.3 Å². The van der Waals surface area contributed by atoms with Crippen LogP contribution in [0.1, 0.15) is 32.8 Å². The Morgan fingerprint density at radius 3 is 2.48 bits per heavy atom. The van der Waals surface area contributed by atoms with Gasteiger partial charge in [-0.2, -0.15) is 0 Å². The average Bonchev–Trinajstić information content (AvgIpc) is 2.57. The zero-order valence-electron chi connectivity index (χ0n) is 16.5. The first-order valence-corrected chi connectivity index (χ1v) is 9.11. The molecule has 7 nitrogen and oxygen atoms in total. The van der Waals surface area contributed by atoms with Crippen LogP contribution in [0.4, 0.5) is 18.0 Å². The highest BCUT2D eigenvalue weighted by atomic mass is 19.2. The summed E-state index contributed by atoms with van der Waals surface area (Å²) in [5.41, 5.74) is -0.856. The highest BCUT2D eigenvalue weighted by Gasteiger charge is 2.28. The maximum absolute atomic E-state index is 14.0. The molecule has 0 aromatic heterocycles. The van der Waals surface area contributed by atoms with Crippen molar-refractivity contribution in [1.29, 1.82) is 0 Å². The van der Waals surface area contributed by atoms with E-state index in [2.05, 4.69) is 10.6 Å². The Bertz CT molecular complexity index is 796. The summed E-state index contributed by atoms with van der Waals surface area (Å²) in [6, 6.07) is 1.06. The summed E-state index contributed by atoms with van der Waals surface area (Å²) in [4.78, 5) is 37.4. The number of rotatable bonds is 5. The van der Waals surface area contributed by atoms with Crippen LogP contribution in [0.25, 0.3) is 0 Å². The molecule has 0 radical (unpaired) electrons. The van der Waals surface area contributed by atoms with Crippen molar-refractivity contribution >= 4 is 17.9 Å². The lowest BCUT2D eigenvalue weighted by molar-refractivity contribution is -0.139. The van der Waals surface area contributed by atoms with Crippen LogP contribution in [0.15, 0.2) is 12.1 Å². The first-order valence-electron chi connectivity index (χ1n) is 9.11. The van der Waals surface area contributed by atoms with Crippen molar-refractivity contribution in [3.05, 3.63) is 35.1 Å². The normalized spacial score (nSPS) is 15.5. The standard InChI is InChI=1S/C19H24F3N3O4/c1-19(2,3)24-18(28)29-12(6-11-7-14(21)15(22)9-13(11)20)8-17(27)25-5-4-23-16(26)10-25/h7,9,12H,4-6,8,10H2,1-3H3,(H,23,26)(H,24,28)/t12-/m1/s1. The van der Waals surface area contributed by atoms with Crippen molar-refractivity contribution in [2.24, 2.45) is 0 Å². The number of piperazine rings is 1. The van der Waals surface area contributed by atoms with Gasteiger partial charge in [-0.25, -0.2) is 18.0 Å². The number of ether oxygens (including phenoxy) is 1. The topological polar surface area (TPSA) is 87.7 Å². The minimum Gasteiger partial charge on any atom is -0.445 e. The van der Waals surface area contributed by atoms with Gasteiger partial charge in [0.15, 0.2) is 11.6 Å². The van der Waals surface area contributed by atoms with E-state index in [-0.39, 0.29) is 37.4 Å². The third kappa shape index (κ3) is 6.95. The second-order valence-corrected chi connectivity index (χ2v) is 7.83. The maximum atomic E-state index is 14.0.